The topological polar surface area (TPSA) is 52.4 Å². The van der Waals surface area contributed by atoms with Gasteiger partial charge >= 0.3 is 0 Å². The molecule has 19 heavy (non-hydrogen) atoms. The van der Waals surface area contributed by atoms with Crippen LogP contribution in [0.3, 0.4) is 0 Å². The maximum absolute atomic E-state index is 10.7. The lowest BCUT2D eigenvalue weighted by Gasteiger charge is -2.13. The van der Waals surface area contributed by atoms with E-state index >= 15 is 0 Å². The lowest BCUT2D eigenvalue weighted by molar-refractivity contribution is -0.385. The number of nitro groups is 1. The van der Waals surface area contributed by atoms with Gasteiger partial charge in [0.05, 0.1) is 20.5 Å². The van der Waals surface area contributed by atoms with Crippen molar-refractivity contribution in [2.75, 3.05) is 12.5 Å². The van der Waals surface area contributed by atoms with Crippen LogP contribution < -0.4 is 4.74 Å². The first-order chi connectivity index (χ1) is 8.95. The van der Waals surface area contributed by atoms with Gasteiger partial charge in [-0.2, -0.15) is 0 Å². The molecule has 0 bridgehead atoms. The van der Waals surface area contributed by atoms with Crippen LogP contribution in [-0.2, 0) is 0 Å². The molecule has 1 unspecified atom stereocenters. The highest BCUT2D eigenvalue weighted by molar-refractivity contribution is 9.11. The number of nitro benzene ring substituents is 1. The van der Waals surface area contributed by atoms with Gasteiger partial charge in [-0.3, -0.25) is 10.1 Å². The largest absolute Gasteiger partial charge is 0.491 e. The molecule has 0 aromatic heterocycles. The molecule has 1 rings (SSSR count). The van der Waals surface area contributed by atoms with E-state index < -0.39 is 4.92 Å². The zero-order valence-corrected chi connectivity index (χ0v) is 14.3. The van der Waals surface area contributed by atoms with Crippen LogP contribution in [0, 0.1) is 16.0 Å². The Bertz CT molecular complexity index is 434. The number of hydrogen-bond donors (Lipinski definition) is 0. The molecule has 0 aliphatic rings. The maximum Gasteiger partial charge on any atom is 0.271 e. The van der Waals surface area contributed by atoms with E-state index in [0.29, 0.717) is 33.1 Å². The molecular formula is C12H14Br2ClNO3. The average Bonchev–Trinajstić information content (AvgIpc) is 2.32. The van der Waals surface area contributed by atoms with Crippen molar-refractivity contribution in [1.29, 1.82) is 0 Å². The summed E-state index contributed by atoms with van der Waals surface area (Å²) in [6, 6.07) is 2.87. The molecule has 0 saturated heterocycles. The average molecular weight is 416 g/mol. The lowest BCUT2D eigenvalue weighted by atomic mass is 10.1. The molecule has 1 aromatic rings. The van der Waals surface area contributed by atoms with Crippen LogP contribution >= 0.6 is 43.5 Å². The monoisotopic (exact) mass is 413 g/mol. The van der Waals surface area contributed by atoms with Crippen molar-refractivity contribution in [3.8, 4) is 5.75 Å². The Hall–Kier alpha value is -0.330. The fraction of sp³-hybridized carbons (Fsp3) is 0.500. The molecule has 1 atom stereocenters. The van der Waals surface area contributed by atoms with Crippen LogP contribution in [0.15, 0.2) is 21.1 Å². The molecule has 0 aliphatic carbocycles. The summed E-state index contributed by atoms with van der Waals surface area (Å²) in [6.45, 7) is 2.67. The number of non-ortho nitro benzene ring substituents is 1. The van der Waals surface area contributed by atoms with Gasteiger partial charge in [0.2, 0.25) is 0 Å². The van der Waals surface area contributed by atoms with Gasteiger partial charge in [-0.05, 0) is 50.6 Å². The molecule has 0 N–H and O–H groups in total. The highest BCUT2D eigenvalue weighted by Gasteiger charge is 2.15. The van der Waals surface area contributed by atoms with Crippen LogP contribution in [0.1, 0.15) is 19.8 Å². The lowest BCUT2D eigenvalue weighted by Crippen LogP contribution is -2.05. The van der Waals surface area contributed by atoms with E-state index in [4.69, 9.17) is 16.3 Å². The third-order valence-electron chi connectivity index (χ3n) is 2.65. The van der Waals surface area contributed by atoms with Crippen LogP contribution in [0.4, 0.5) is 5.69 Å². The summed E-state index contributed by atoms with van der Waals surface area (Å²) in [7, 11) is 0. The Morgan fingerprint density at radius 2 is 1.95 bits per heavy atom. The van der Waals surface area contributed by atoms with E-state index in [0.717, 1.165) is 12.8 Å². The highest BCUT2D eigenvalue weighted by Crippen LogP contribution is 2.37. The van der Waals surface area contributed by atoms with E-state index in [9.17, 15) is 10.1 Å². The molecule has 4 nitrogen and oxygen atoms in total. The normalized spacial score (nSPS) is 12.2. The fourth-order valence-corrected chi connectivity index (χ4v) is 3.25. The first-order valence-electron chi connectivity index (χ1n) is 5.78. The minimum atomic E-state index is -0.443. The quantitative estimate of drug-likeness (QED) is 0.351. The van der Waals surface area contributed by atoms with E-state index in [-0.39, 0.29) is 5.69 Å². The van der Waals surface area contributed by atoms with Gasteiger partial charge in [-0.15, -0.1) is 11.6 Å². The molecule has 7 heteroatoms. The second kappa shape index (κ2) is 8.07. The maximum atomic E-state index is 10.7. The van der Waals surface area contributed by atoms with Crippen molar-refractivity contribution in [3.63, 3.8) is 0 Å². The first kappa shape index (κ1) is 16.7. The van der Waals surface area contributed by atoms with E-state index in [1.54, 1.807) is 0 Å². The number of alkyl halides is 1. The molecule has 0 aliphatic heterocycles. The molecule has 0 fully saturated rings. The highest BCUT2D eigenvalue weighted by atomic mass is 79.9. The SMILES string of the molecule is CC(CCCl)CCOc1c(Br)cc([N+](=O)[O-])cc1Br. The Kier molecular flexibility index (Phi) is 7.10. The molecule has 0 radical (unpaired) electrons. The number of rotatable bonds is 7. The summed E-state index contributed by atoms with van der Waals surface area (Å²) in [5, 5.41) is 10.7. The summed E-state index contributed by atoms with van der Waals surface area (Å²) < 4.78 is 6.80. The van der Waals surface area contributed by atoms with Crippen molar-refractivity contribution < 1.29 is 9.66 Å². The minimum Gasteiger partial charge on any atom is -0.491 e. The molecule has 0 saturated carbocycles. The van der Waals surface area contributed by atoms with Crippen molar-refractivity contribution in [2.24, 2.45) is 5.92 Å². The van der Waals surface area contributed by atoms with Crippen molar-refractivity contribution in [2.45, 2.75) is 19.8 Å². The Morgan fingerprint density at radius 1 is 1.37 bits per heavy atom. The molecule has 0 spiro atoms. The van der Waals surface area contributed by atoms with Gasteiger partial charge in [-0.25, -0.2) is 0 Å². The molecule has 0 amide bonds. The summed E-state index contributed by atoms with van der Waals surface area (Å²) in [5.41, 5.74) is 0.0154. The number of benzene rings is 1. The molecule has 0 heterocycles. The Balaban J connectivity index is 2.66. The van der Waals surface area contributed by atoms with Gasteiger partial charge in [0.1, 0.15) is 5.75 Å². The summed E-state index contributed by atoms with van der Waals surface area (Å²) in [4.78, 5) is 10.3. The number of nitrogens with zero attached hydrogens (tertiary/aromatic N) is 1. The summed E-state index contributed by atoms with van der Waals surface area (Å²) in [5.74, 6) is 1.73. The van der Waals surface area contributed by atoms with Crippen LogP contribution in [0.25, 0.3) is 0 Å². The van der Waals surface area contributed by atoms with Crippen LogP contribution in [0.5, 0.6) is 5.75 Å². The minimum absolute atomic E-state index is 0.0154. The smallest absolute Gasteiger partial charge is 0.271 e. The molecule has 106 valence electrons. The van der Waals surface area contributed by atoms with E-state index in [2.05, 4.69) is 38.8 Å². The van der Waals surface area contributed by atoms with Crippen LogP contribution in [0.2, 0.25) is 0 Å². The third kappa shape index (κ3) is 5.28. The van der Waals surface area contributed by atoms with Gasteiger partial charge in [0.15, 0.2) is 0 Å². The zero-order valence-electron chi connectivity index (χ0n) is 10.4. The van der Waals surface area contributed by atoms with Crippen LogP contribution in [-0.4, -0.2) is 17.4 Å². The molecule has 1 aromatic carbocycles. The number of hydrogen-bond acceptors (Lipinski definition) is 3. The van der Waals surface area contributed by atoms with Gasteiger partial charge in [-0.1, -0.05) is 6.92 Å². The third-order valence-corrected chi connectivity index (χ3v) is 4.05. The van der Waals surface area contributed by atoms with Gasteiger partial charge in [0, 0.05) is 18.0 Å². The van der Waals surface area contributed by atoms with Gasteiger partial charge in [0.25, 0.3) is 5.69 Å². The first-order valence-corrected chi connectivity index (χ1v) is 7.90. The second-order valence-corrected chi connectivity index (χ2v) is 6.30. The number of halogens is 3. The van der Waals surface area contributed by atoms with E-state index in [1.807, 2.05) is 0 Å². The van der Waals surface area contributed by atoms with E-state index in [1.165, 1.54) is 12.1 Å². The number of ether oxygens (including phenoxy) is 1. The Morgan fingerprint density at radius 3 is 2.42 bits per heavy atom. The molecular weight excluding hydrogens is 401 g/mol. The summed E-state index contributed by atoms with van der Waals surface area (Å²) in [6.07, 6.45) is 1.84. The van der Waals surface area contributed by atoms with Crippen molar-refractivity contribution >= 4 is 49.1 Å². The predicted molar refractivity (Wildman–Crippen MR) is 83.1 cm³/mol. The standard InChI is InChI=1S/C12H14Br2ClNO3/c1-8(2-4-15)3-5-19-12-10(13)6-9(16(17)18)7-11(12)14/h6-8H,2-5H2,1H3. The van der Waals surface area contributed by atoms with Gasteiger partial charge < -0.3 is 4.74 Å². The Labute approximate surface area is 133 Å². The fourth-order valence-electron chi connectivity index (χ4n) is 1.48. The summed E-state index contributed by atoms with van der Waals surface area (Å²) >= 11 is 12.2. The zero-order chi connectivity index (χ0) is 14.4. The predicted octanol–water partition coefficient (Wildman–Crippen LogP) is 5.15. The van der Waals surface area contributed by atoms with Crippen molar-refractivity contribution in [1.82, 2.24) is 0 Å². The van der Waals surface area contributed by atoms with Crippen molar-refractivity contribution in [3.05, 3.63) is 31.2 Å². The second-order valence-electron chi connectivity index (χ2n) is 4.22.